The number of carbonyl (C=O) groups excluding carboxylic acids is 3. The number of aliphatic hydroxyl groups excluding tert-OH is 1. The Labute approximate surface area is 246 Å². The molecular formula is C34H37N3O5. The fourth-order valence-corrected chi connectivity index (χ4v) is 4.76. The second kappa shape index (κ2) is 13.8. The van der Waals surface area contributed by atoms with Crippen LogP contribution in [-0.4, -0.2) is 52.7 Å². The molecule has 0 aliphatic rings. The standard InChI is InChI=1S/C34H37N3O5/c1-34(2,3)42-33(41)36-29(22-24-12-6-4-7-13-24)32(40)37(20-21-38)30(26-15-8-5-9-16-26)31(39)35-28-19-18-25-14-10-11-17-27(25)23-28/h4-19,23,29-30,38H,20-22H2,1-3H3,(H,35,39)(H,36,41). The maximum absolute atomic E-state index is 14.2. The maximum Gasteiger partial charge on any atom is 0.408 e. The number of carbonyl (C=O) groups is 3. The van der Waals surface area contributed by atoms with E-state index in [0.717, 1.165) is 16.3 Å². The lowest BCUT2D eigenvalue weighted by Crippen LogP contribution is -2.53. The predicted molar refractivity (Wildman–Crippen MR) is 164 cm³/mol. The second-order valence-electron chi connectivity index (χ2n) is 11.0. The third-order valence-electron chi connectivity index (χ3n) is 6.59. The molecule has 42 heavy (non-hydrogen) atoms. The Balaban J connectivity index is 1.69. The van der Waals surface area contributed by atoms with Gasteiger partial charge in [0.15, 0.2) is 0 Å². The number of amides is 3. The van der Waals surface area contributed by atoms with E-state index in [2.05, 4.69) is 10.6 Å². The number of hydrogen-bond donors (Lipinski definition) is 3. The van der Waals surface area contributed by atoms with Gasteiger partial charge in [0.25, 0.3) is 5.91 Å². The Morgan fingerprint density at radius 2 is 1.45 bits per heavy atom. The Kier molecular flexibility index (Phi) is 9.93. The quantitative estimate of drug-likeness (QED) is 0.235. The van der Waals surface area contributed by atoms with Gasteiger partial charge in [0, 0.05) is 18.7 Å². The number of nitrogens with one attached hydrogen (secondary N) is 2. The first-order chi connectivity index (χ1) is 20.1. The number of alkyl carbamates (subject to hydrolysis) is 1. The van der Waals surface area contributed by atoms with Crippen LogP contribution in [-0.2, 0) is 20.7 Å². The van der Waals surface area contributed by atoms with Crippen LogP contribution in [0.4, 0.5) is 10.5 Å². The van der Waals surface area contributed by atoms with Gasteiger partial charge in [-0.2, -0.15) is 0 Å². The largest absolute Gasteiger partial charge is 0.444 e. The van der Waals surface area contributed by atoms with Crippen LogP contribution < -0.4 is 10.6 Å². The van der Waals surface area contributed by atoms with Crippen molar-refractivity contribution in [1.82, 2.24) is 10.2 Å². The van der Waals surface area contributed by atoms with Gasteiger partial charge in [-0.15, -0.1) is 0 Å². The minimum atomic E-state index is -1.09. The van der Waals surface area contributed by atoms with Crippen molar-refractivity contribution in [3.05, 3.63) is 114 Å². The van der Waals surface area contributed by atoms with Crippen molar-refractivity contribution in [2.24, 2.45) is 0 Å². The molecule has 4 aromatic rings. The minimum Gasteiger partial charge on any atom is -0.444 e. The molecule has 0 heterocycles. The fraction of sp³-hybridized carbons (Fsp3) is 0.265. The second-order valence-corrected chi connectivity index (χ2v) is 11.0. The highest BCUT2D eigenvalue weighted by atomic mass is 16.6. The first kappa shape index (κ1) is 30.3. The molecule has 0 saturated carbocycles. The van der Waals surface area contributed by atoms with Crippen LogP contribution in [0.15, 0.2) is 103 Å². The summed E-state index contributed by atoms with van der Waals surface area (Å²) in [5.74, 6) is -0.977. The Bertz CT molecular complexity index is 1500. The van der Waals surface area contributed by atoms with Gasteiger partial charge < -0.3 is 25.4 Å². The normalized spacial score (nSPS) is 12.7. The summed E-state index contributed by atoms with van der Waals surface area (Å²) < 4.78 is 5.45. The third-order valence-corrected chi connectivity index (χ3v) is 6.59. The summed E-state index contributed by atoms with van der Waals surface area (Å²) in [6.45, 7) is 4.69. The highest BCUT2D eigenvalue weighted by Gasteiger charge is 2.36. The van der Waals surface area contributed by atoms with Gasteiger partial charge in [-0.05, 0) is 54.8 Å². The molecule has 8 heteroatoms. The highest BCUT2D eigenvalue weighted by molar-refractivity contribution is 6.00. The molecule has 2 atom stereocenters. The summed E-state index contributed by atoms with van der Waals surface area (Å²) in [6.07, 6.45) is -0.591. The molecule has 3 N–H and O–H groups in total. The number of rotatable bonds is 10. The zero-order valence-corrected chi connectivity index (χ0v) is 24.1. The molecule has 8 nitrogen and oxygen atoms in total. The highest BCUT2D eigenvalue weighted by Crippen LogP contribution is 2.26. The summed E-state index contributed by atoms with van der Waals surface area (Å²) >= 11 is 0. The van der Waals surface area contributed by atoms with Crippen molar-refractivity contribution in [3.63, 3.8) is 0 Å². The maximum atomic E-state index is 14.2. The zero-order chi connectivity index (χ0) is 30.1. The predicted octanol–water partition coefficient (Wildman–Crippen LogP) is 5.48. The summed E-state index contributed by atoms with van der Waals surface area (Å²) in [7, 11) is 0. The van der Waals surface area contributed by atoms with Crippen LogP contribution in [0.1, 0.15) is 37.9 Å². The first-order valence-electron chi connectivity index (χ1n) is 13.9. The van der Waals surface area contributed by atoms with Crippen molar-refractivity contribution in [1.29, 1.82) is 0 Å². The Hall–Kier alpha value is -4.69. The van der Waals surface area contributed by atoms with Crippen molar-refractivity contribution in [2.75, 3.05) is 18.5 Å². The van der Waals surface area contributed by atoms with Crippen LogP contribution in [0.5, 0.6) is 0 Å². The minimum absolute atomic E-state index is 0.134. The van der Waals surface area contributed by atoms with E-state index in [0.29, 0.717) is 11.3 Å². The van der Waals surface area contributed by atoms with Crippen molar-refractivity contribution >= 4 is 34.4 Å². The van der Waals surface area contributed by atoms with E-state index in [1.165, 1.54) is 4.90 Å². The number of nitrogens with zero attached hydrogens (tertiary/aromatic N) is 1. The Morgan fingerprint density at radius 1 is 0.833 bits per heavy atom. The molecular weight excluding hydrogens is 530 g/mol. The van der Waals surface area contributed by atoms with Crippen LogP contribution in [0.2, 0.25) is 0 Å². The van der Waals surface area contributed by atoms with Gasteiger partial charge in [0.1, 0.15) is 17.7 Å². The number of aliphatic hydroxyl groups is 1. The molecule has 0 aliphatic heterocycles. The molecule has 218 valence electrons. The van der Waals surface area contributed by atoms with E-state index >= 15 is 0 Å². The molecule has 2 unspecified atom stereocenters. The van der Waals surface area contributed by atoms with E-state index in [4.69, 9.17) is 4.74 Å². The average molecular weight is 568 g/mol. The van der Waals surface area contributed by atoms with Gasteiger partial charge in [-0.1, -0.05) is 91.0 Å². The average Bonchev–Trinajstić information content (AvgIpc) is 2.96. The molecule has 0 aliphatic carbocycles. The lowest BCUT2D eigenvalue weighted by Gasteiger charge is -2.34. The number of ether oxygens (including phenoxy) is 1. The lowest BCUT2D eigenvalue weighted by atomic mass is 10.00. The van der Waals surface area contributed by atoms with E-state index in [1.54, 1.807) is 45.0 Å². The van der Waals surface area contributed by atoms with E-state index in [1.807, 2.05) is 78.9 Å². The van der Waals surface area contributed by atoms with Crippen LogP contribution in [0.3, 0.4) is 0 Å². The monoisotopic (exact) mass is 567 g/mol. The molecule has 4 aromatic carbocycles. The third kappa shape index (κ3) is 8.17. The Morgan fingerprint density at radius 3 is 2.10 bits per heavy atom. The number of hydrogen-bond acceptors (Lipinski definition) is 5. The molecule has 4 rings (SSSR count). The molecule has 0 spiro atoms. The number of benzene rings is 4. The van der Waals surface area contributed by atoms with Crippen LogP contribution >= 0.6 is 0 Å². The van der Waals surface area contributed by atoms with Gasteiger partial charge in [0.05, 0.1) is 6.61 Å². The topological polar surface area (TPSA) is 108 Å². The SMILES string of the molecule is CC(C)(C)OC(=O)NC(Cc1ccccc1)C(=O)N(CCO)C(C(=O)Nc1ccc2ccccc2c1)c1ccccc1. The van der Waals surface area contributed by atoms with Gasteiger partial charge in [-0.25, -0.2) is 4.79 Å². The van der Waals surface area contributed by atoms with E-state index in [9.17, 15) is 19.5 Å². The lowest BCUT2D eigenvalue weighted by molar-refractivity contribution is -0.141. The summed E-state index contributed by atoms with van der Waals surface area (Å²) in [6, 6.07) is 29.4. The molecule has 0 fully saturated rings. The molecule has 0 radical (unpaired) electrons. The van der Waals surface area contributed by atoms with Crippen molar-refractivity contribution < 1.29 is 24.2 Å². The molecule has 0 aromatic heterocycles. The number of fused-ring (bicyclic) bond motifs is 1. The molecule has 3 amide bonds. The van der Waals surface area contributed by atoms with Crippen molar-refractivity contribution in [2.45, 2.75) is 44.9 Å². The summed E-state index contributed by atoms with van der Waals surface area (Å²) in [4.78, 5) is 42.4. The summed E-state index contributed by atoms with van der Waals surface area (Å²) in [5, 5.41) is 17.7. The van der Waals surface area contributed by atoms with Gasteiger partial charge in [0.2, 0.25) is 5.91 Å². The number of anilines is 1. The zero-order valence-electron chi connectivity index (χ0n) is 24.1. The van der Waals surface area contributed by atoms with Crippen LogP contribution in [0.25, 0.3) is 10.8 Å². The smallest absolute Gasteiger partial charge is 0.408 e. The van der Waals surface area contributed by atoms with Gasteiger partial charge in [-0.3, -0.25) is 9.59 Å². The van der Waals surface area contributed by atoms with Crippen LogP contribution in [0, 0.1) is 0 Å². The molecule has 0 bridgehead atoms. The van der Waals surface area contributed by atoms with Crippen molar-refractivity contribution in [3.8, 4) is 0 Å². The van der Waals surface area contributed by atoms with Gasteiger partial charge >= 0.3 is 6.09 Å². The molecule has 0 saturated heterocycles. The van der Waals surface area contributed by atoms with E-state index in [-0.39, 0.29) is 19.6 Å². The first-order valence-corrected chi connectivity index (χ1v) is 13.9. The van der Waals surface area contributed by atoms with E-state index < -0.39 is 35.6 Å². The summed E-state index contributed by atoms with van der Waals surface area (Å²) in [5.41, 5.74) is 1.17. The fourth-order valence-electron chi connectivity index (χ4n) is 4.76.